The third-order valence-corrected chi connectivity index (χ3v) is 2.26. The zero-order valence-corrected chi connectivity index (χ0v) is 7.17. The molecule has 0 atom stereocenters. The smallest absolute Gasteiger partial charge is 0.0616 e. The van der Waals surface area contributed by atoms with Crippen LogP contribution < -0.4 is 0 Å². The first kappa shape index (κ1) is 7.37. The molecule has 0 radical (unpaired) electrons. The van der Waals surface area contributed by atoms with Crippen LogP contribution in [0.1, 0.15) is 0 Å². The van der Waals surface area contributed by atoms with Gasteiger partial charge in [0.15, 0.2) is 0 Å². The van der Waals surface area contributed by atoms with Crippen LogP contribution >= 0.6 is 0 Å². The zero-order chi connectivity index (χ0) is 8.39. The van der Waals surface area contributed by atoms with Gasteiger partial charge in [0.25, 0.3) is 4.90 Å². The standard InChI is InChI=1S/C10H7OS/c11-12-10-6-5-8-3-1-2-4-9(8)7-10/h1-7H/q+1. The first-order valence-corrected chi connectivity index (χ1v) is 4.43. The van der Waals surface area contributed by atoms with Gasteiger partial charge in [-0.15, -0.1) is 0 Å². The number of fused-ring (bicyclic) bond motifs is 1. The highest BCUT2D eigenvalue weighted by atomic mass is 32.1. The van der Waals surface area contributed by atoms with Crippen LogP contribution in [0.4, 0.5) is 0 Å². The molecule has 0 aromatic heterocycles. The van der Waals surface area contributed by atoms with Crippen LogP contribution in [0.25, 0.3) is 10.8 Å². The van der Waals surface area contributed by atoms with E-state index in [0.717, 1.165) is 10.3 Å². The van der Waals surface area contributed by atoms with Crippen molar-refractivity contribution in [3.05, 3.63) is 42.5 Å². The van der Waals surface area contributed by atoms with Gasteiger partial charge in [0.2, 0.25) is 0 Å². The maximum absolute atomic E-state index is 10.5. The molecule has 0 saturated carbocycles. The topological polar surface area (TPSA) is 17.1 Å². The molecule has 0 heterocycles. The van der Waals surface area contributed by atoms with E-state index in [9.17, 15) is 4.21 Å². The van der Waals surface area contributed by atoms with E-state index in [4.69, 9.17) is 0 Å². The highest BCUT2D eigenvalue weighted by Crippen LogP contribution is 2.15. The molecule has 0 spiro atoms. The second kappa shape index (κ2) is 2.99. The lowest BCUT2D eigenvalue weighted by molar-refractivity contribution is 0.605. The Morgan fingerprint density at radius 2 is 1.67 bits per heavy atom. The lowest BCUT2D eigenvalue weighted by Gasteiger charge is -1.91. The van der Waals surface area contributed by atoms with Crippen LogP contribution in [0.2, 0.25) is 0 Å². The van der Waals surface area contributed by atoms with E-state index in [-0.39, 0.29) is 0 Å². The van der Waals surface area contributed by atoms with Gasteiger partial charge < -0.3 is 0 Å². The summed E-state index contributed by atoms with van der Waals surface area (Å²) in [5, 5.41) is 2.30. The van der Waals surface area contributed by atoms with Crippen molar-refractivity contribution in [3.8, 4) is 0 Å². The molecule has 2 aromatic rings. The van der Waals surface area contributed by atoms with E-state index in [1.165, 1.54) is 5.39 Å². The number of benzene rings is 2. The molecule has 0 aliphatic heterocycles. The molecular weight excluding hydrogens is 168 g/mol. The Balaban J connectivity index is 2.75. The van der Waals surface area contributed by atoms with Crippen LogP contribution in [-0.2, 0) is 15.9 Å². The molecule has 0 fully saturated rings. The summed E-state index contributed by atoms with van der Waals surface area (Å²) < 4.78 is 10.5. The fourth-order valence-corrected chi connectivity index (χ4v) is 1.52. The third kappa shape index (κ3) is 1.21. The van der Waals surface area contributed by atoms with Crippen LogP contribution in [0.3, 0.4) is 0 Å². The quantitative estimate of drug-likeness (QED) is 0.609. The van der Waals surface area contributed by atoms with Gasteiger partial charge in [-0.1, -0.05) is 24.3 Å². The fraction of sp³-hybridized carbons (Fsp3) is 0. The molecule has 2 aromatic carbocycles. The molecule has 1 nitrogen and oxygen atoms in total. The first-order chi connectivity index (χ1) is 5.90. The second-order valence-corrected chi connectivity index (χ2v) is 3.23. The molecule has 0 aliphatic carbocycles. The van der Waals surface area contributed by atoms with Crippen molar-refractivity contribution in [3.63, 3.8) is 0 Å². The second-order valence-electron chi connectivity index (χ2n) is 2.59. The maximum atomic E-state index is 10.5. The first-order valence-electron chi connectivity index (χ1n) is 3.69. The number of rotatable bonds is 1. The van der Waals surface area contributed by atoms with Crippen molar-refractivity contribution < 1.29 is 4.21 Å². The van der Waals surface area contributed by atoms with Gasteiger partial charge in [-0.05, 0) is 16.8 Å². The van der Waals surface area contributed by atoms with Gasteiger partial charge >= 0.3 is 11.7 Å². The van der Waals surface area contributed by atoms with Gasteiger partial charge in [0, 0.05) is 16.3 Å². The third-order valence-electron chi connectivity index (χ3n) is 1.82. The van der Waals surface area contributed by atoms with Crippen LogP contribution in [0.5, 0.6) is 0 Å². The van der Waals surface area contributed by atoms with Crippen LogP contribution in [-0.4, -0.2) is 0 Å². The van der Waals surface area contributed by atoms with Gasteiger partial charge in [0.05, 0.1) is 0 Å². The summed E-state index contributed by atoms with van der Waals surface area (Å²) >= 11 is 0.534. The van der Waals surface area contributed by atoms with E-state index in [1.54, 1.807) is 0 Å². The van der Waals surface area contributed by atoms with E-state index in [0.29, 0.717) is 11.7 Å². The molecule has 0 amide bonds. The predicted molar refractivity (Wildman–Crippen MR) is 50.3 cm³/mol. The Labute approximate surface area is 74.5 Å². The Morgan fingerprint density at radius 3 is 2.42 bits per heavy atom. The predicted octanol–water partition coefficient (Wildman–Crippen LogP) is 2.63. The molecule has 0 bridgehead atoms. The highest BCUT2D eigenvalue weighted by molar-refractivity contribution is 7.65. The maximum Gasteiger partial charge on any atom is 0.505 e. The van der Waals surface area contributed by atoms with Gasteiger partial charge in [-0.2, -0.15) is 0 Å². The molecule has 0 saturated heterocycles. The van der Waals surface area contributed by atoms with Gasteiger partial charge in [-0.3, -0.25) is 0 Å². The SMILES string of the molecule is O=[S+]c1ccc2ccccc2c1. The van der Waals surface area contributed by atoms with E-state index in [2.05, 4.69) is 0 Å². The summed E-state index contributed by atoms with van der Waals surface area (Å²) in [5.41, 5.74) is 0. The minimum atomic E-state index is 0.534. The number of hydrogen-bond acceptors (Lipinski definition) is 1. The van der Waals surface area contributed by atoms with E-state index >= 15 is 0 Å². The van der Waals surface area contributed by atoms with E-state index in [1.807, 2.05) is 42.5 Å². The summed E-state index contributed by atoms with van der Waals surface area (Å²) in [5.74, 6) is 0. The Hall–Kier alpha value is -1.28. The molecule has 58 valence electrons. The summed E-state index contributed by atoms with van der Waals surface area (Å²) in [6.07, 6.45) is 0. The summed E-state index contributed by atoms with van der Waals surface area (Å²) in [6.45, 7) is 0. The fourth-order valence-electron chi connectivity index (χ4n) is 1.22. The summed E-state index contributed by atoms with van der Waals surface area (Å²) in [4.78, 5) is 0.772. The molecule has 0 aliphatic rings. The molecule has 2 rings (SSSR count). The van der Waals surface area contributed by atoms with Crippen molar-refractivity contribution in [2.45, 2.75) is 4.90 Å². The zero-order valence-electron chi connectivity index (χ0n) is 6.36. The largest absolute Gasteiger partial charge is 0.505 e. The van der Waals surface area contributed by atoms with Crippen molar-refractivity contribution in [1.82, 2.24) is 0 Å². The molecule has 0 unspecified atom stereocenters. The van der Waals surface area contributed by atoms with Crippen LogP contribution in [0.15, 0.2) is 47.4 Å². The minimum absolute atomic E-state index is 0.534. The molecule has 0 N–H and O–H groups in total. The normalized spacial score (nSPS) is 10.0. The van der Waals surface area contributed by atoms with Crippen molar-refractivity contribution in [2.24, 2.45) is 0 Å². The van der Waals surface area contributed by atoms with Crippen molar-refractivity contribution >= 4 is 22.4 Å². The molecule has 12 heavy (non-hydrogen) atoms. The summed E-state index contributed by atoms with van der Waals surface area (Å²) in [6, 6.07) is 13.7. The lowest BCUT2D eigenvalue weighted by atomic mass is 10.1. The summed E-state index contributed by atoms with van der Waals surface area (Å²) in [7, 11) is 0. The number of hydrogen-bond donors (Lipinski definition) is 0. The Morgan fingerprint density at radius 1 is 0.917 bits per heavy atom. The molecule has 2 heteroatoms. The van der Waals surface area contributed by atoms with Gasteiger partial charge in [-0.25, -0.2) is 0 Å². The van der Waals surface area contributed by atoms with E-state index < -0.39 is 0 Å². The average Bonchev–Trinajstić information content (AvgIpc) is 2.17. The Bertz CT molecular complexity index is 423. The lowest BCUT2D eigenvalue weighted by Crippen LogP contribution is -1.74. The minimum Gasteiger partial charge on any atom is -0.0616 e. The van der Waals surface area contributed by atoms with Crippen molar-refractivity contribution in [1.29, 1.82) is 0 Å². The monoisotopic (exact) mass is 175 g/mol. The average molecular weight is 175 g/mol. The Kier molecular flexibility index (Phi) is 1.84. The van der Waals surface area contributed by atoms with Crippen molar-refractivity contribution in [2.75, 3.05) is 0 Å². The van der Waals surface area contributed by atoms with Crippen LogP contribution in [0, 0.1) is 0 Å². The highest BCUT2D eigenvalue weighted by Gasteiger charge is 2.05. The van der Waals surface area contributed by atoms with Gasteiger partial charge in [0.1, 0.15) is 0 Å². The molecular formula is C10H7OS+.